The zero-order valence-corrected chi connectivity index (χ0v) is 17.7. The summed E-state index contributed by atoms with van der Waals surface area (Å²) in [5.74, 6) is 8.39. The maximum atomic E-state index is 6.05. The highest BCUT2D eigenvalue weighted by Gasteiger charge is 2.10. The molecular formula is C18H19BrN6O2S. The van der Waals surface area contributed by atoms with Crippen molar-refractivity contribution in [2.24, 2.45) is 5.10 Å². The molecule has 0 amide bonds. The van der Waals surface area contributed by atoms with E-state index >= 15 is 0 Å². The van der Waals surface area contributed by atoms with Crippen molar-refractivity contribution < 1.29 is 9.47 Å². The topological polar surface area (TPSA) is 99.6 Å². The largest absolute Gasteiger partial charge is 0.493 e. The van der Waals surface area contributed by atoms with Gasteiger partial charge in [-0.05, 0) is 41.5 Å². The molecule has 3 aromatic rings. The van der Waals surface area contributed by atoms with Gasteiger partial charge in [0, 0.05) is 10.2 Å². The Balaban J connectivity index is 1.62. The molecule has 0 saturated heterocycles. The van der Waals surface area contributed by atoms with Crippen LogP contribution in [0.1, 0.15) is 11.1 Å². The third-order valence-corrected chi connectivity index (χ3v) is 5.21. The van der Waals surface area contributed by atoms with Crippen LogP contribution in [0, 0.1) is 0 Å². The lowest BCUT2D eigenvalue weighted by Crippen LogP contribution is -2.13. The summed E-state index contributed by atoms with van der Waals surface area (Å²) in [6, 6.07) is 13.6. The van der Waals surface area contributed by atoms with Crippen LogP contribution in [0.25, 0.3) is 0 Å². The average Bonchev–Trinajstić information content (AvgIpc) is 3.06. The van der Waals surface area contributed by atoms with Crippen molar-refractivity contribution in [3.05, 3.63) is 58.1 Å². The van der Waals surface area contributed by atoms with Gasteiger partial charge in [0.1, 0.15) is 0 Å². The predicted octanol–water partition coefficient (Wildman–Crippen LogP) is 3.51. The fourth-order valence-electron chi connectivity index (χ4n) is 2.32. The zero-order valence-electron chi connectivity index (χ0n) is 15.3. The Morgan fingerprint density at radius 1 is 1.18 bits per heavy atom. The summed E-state index contributed by atoms with van der Waals surface area (Å²) in [6.07, 6.45) is 1.63. The van der Waals surface area contributed by atoms with Crippen molar-refractivity contribution in [1.82, 2.24) is 14.9 Å². The summed E-state index contributed by atoms with van der Waals surface area (Å²) in [5.41, 5.74) is 4.78. The molecule has 0 bridgehead atoms. The summed E-state index contributed by atoms with van der Waals surface area (Å²) in [6.45, 7) is 0. The smallest absolute Gasteiger partial charge is 0.264 e. The van der Waals surface area contributed by atoms with Crippen LogP contribution in [0.15, 0.2) is 57.2 Å². The Kier molecular flexibility index (Phi) is 6.77. The lowest BCUT2D eigenvalue weighted by molar-refractivity contribution is 0.355. The van der Waals surface area contributed by atoms with Crippen LogP contribution in [-0.4, -0.2) is 35.3 Å². The molecule has 146 valence electrons. The summed E-state index contributed by atoms with van der Waals surface area (Å²) in [4.78, 5) is 0. The number of nitrogens with two attached hydrogens (primary N) is 1. The molecule has 0 unspecified atom stereocenters. The van der Waals surface area contributed by atoms with Gasteiger partial charge in [0.2, 0.25) is 5.16 Å². The standard InChI is InChI=1S/C18H19BrN6O2S/c1-26-15-7-6-12(9-16(15)27-2)10-21-22-17-23-24-18(25(17)20)28-11-13-4-3-5-14(19)8-13/h3-10H,11,20H2,1-2H3,(H,22,23)/b21-10+. The lowest BCUT2D eigenvalue weighted by Gasteiger charge is -2.07. The number of nitrogens with one attached hydrogen (secondary N) is 1. The minimum Gasteiger partial charge on any atom is -0.493 e. The van der Waals surface area contributed by atoms with Gasteiger partial charge in [-0.25, -0.2) is 10.1 Å². The molecule has 0 aliphatic carbocycles. The van der Waals surface area contributed by atoms with Crippen molar-refractivity contribution in [2.75, 3.05) is 25.5 Å². The van der Waals surface area contributed by atoms with Crippen LogP contribution in [0.5, 0.6) is 11.5 Å². The van der Waals surface area contributed by atoms with E-state index in [0.29, 0.717) is 22.6 Å². The molecule has 0 saturated carbocycles. The molecular weight excluding hydrogens is 444 g/mol. The molecule has 3 N–H and O–H groups in total. The Morgan fingerprint density at radius 3 is 2.75 bits per heavy atom. The number of hydrogen-bond donors (Lipinski definition) is 2. The first-order chi connectivity index (χ1) is 13.6. The maximum Gasteiger partial charge on any atom is 0.264 e. The second kappa shape index (κ2) is 9.47. The van der Waals surface area contributed by atoms with E-state index in [-0.39, 0.29) is 0 Å². The van der Waals surface area contributed by atoms with Gasteiger partial charge in [0.15, 0.2) is 11.5 Å². The number of nitrogen functional groups attached to an aromatic ring is 1. The molecule has 0 radical (unpaired) electrons. The van der Waals surface area contributed by atoms with Gasteiger partial charge in [0.25, 0.3) is 5.95 Å². The number of ether oxygens (including phenoxy) is 2. The molecule has 1 heterocycles. The third-order valence-electron chi connectivity index (χ3n) is 3.71. The van der Waals surface area contributed by atoms with Gasteiger partial charge in [-0.15, -0.1) is 10.2 Å². The first-order valence-corrected chi connectivity index (χ1v) is 9.97. The highest BCUT2D eigenvalue weighted by Crippen LogP contribution is 2.27. The second-order valence-electron chi connectivity index (χ2n) is 5.58. The molecule has 0 aliphatic heterocycles. The zero-order chi connectivity index (χ0) is 19.9. The lowest BCUT2D eigenvalue weighted by atomic mass is 10.2. The summed E-state index contributed by atoms with van der Waals surface area (Å²) in [5, 5.41) is 12.9. The van der Waals surface area contributed by atoms with E-state index < -0.39 is 0 Å². The van der Waals surface area contributed by atoms with E-state index in [9.17, 15) is 0 Å². The van der Waals surface area contributed by atoms with Crippen LogP contribution in [0.4, 0.5) is 5.95 Å². The van der Waals surface area contributed by atoms with Gasteiger partial charge in [0.05, 0.1) is 20.4 Å². The molecule has 8 nitrogen and oxygen atoms in total. The molecule has 2 aromatic carbocycles. The van der Waals surface area contributed by atoms with E-state index in [4.69, 9.17) is 15.3 Å². The Bertz CT molecular complexity index is 978. The number of anilines is 1. The number of hydrazone groups is 1. The molecule has 0 spiro atoms. The molecule has 0 aliphatic rings. The van der Waals surface area contributed by atoms with Crippen LogP contribution in [-0.2, 0) is 5.75 Å². The van der Waals surface area contributed by atoms with Crippen LogP contribution in [0.2, 0.25) is 0 Å². The molecule has 28 heavy (non-hydrogen) atoms. The molecule has 3 rings (SSSR count). The van der Waals surface area contributed by atoms with Crippen molar-refractivity contribution in [1.29, 1.82) is 0 Å². The Morgan fingerprint density at radius 2 is 2.00 bits per heavy atom. The molecule has 0 atom stereocenters. The van der Waals surface area contributed by atoms with Crippen molar-refractivity contribution in [2.45, 2.75) is 10.9 Å². The average molecular weight is 463 g/mol. The quantitative estimate of drug-likeness (QED) is 0.228. The Labute approximate surface area is 175 Å². The van der Waals surface area contributed by atoms with Crippen molar-refractivity contribution >= 4 is 39.9 Å². The van der Waals surface area contributed by atoms with Crippen molar-refractivity contribution in [3.63, 3.8) is 0 Å². The fraction of sp³-hybridized carbons (Fsp3) is 0.167. The van der Waals surface area contributed by atoms with Gasteiger partial charge >= 0.3 is 0 Å². The second-order valence-corrected chi connectivity index (χ2v) is 7.44. The highest BCUT2D eigenvalue weighted by molar-refractivity contribution is 9.10. The molecule has 0 fully saturated rings. The number of thioether (sulfide) groups is 1. The van der Waals surface area contributed by atoms with E-state index in [1.54, 1.807) is 20.4 Å². The van der Waals surface area contributed by atoms with Crippen LogP contribution in [0.3, 0.4) is 0 Å². The first kappa shape index (κ1) is 20.0. The number of hydrogen-bond acceptors (Lipinski definition) is 8. The minimum atomic E-state index is 0.341. The highest BCUT2D eigenvalue weighted by atomic mass is 79.9. The monoisotopic (exact) mass is 462 g/mol. The number of aromatic nitrogens is 3. The SMILES string of the molecule is COc1ccc(/C=N/Nc2nnc(SCc3cccc(Br)c3)n2N)cc1OC. The van der Waals surface area contributed by atoms with Gasteiger partial charge in [-0.1, -0.05) is 39.8 Å². The van der Waals surface area contributed by atoms with Crippen molar-refractivity contribution in [3.8, 4) is 11.5 Å². The predicted molar refractivity (Wildman–Crippen MR) is 115 cm³/mol. The van der Waals surface area contributed by atoms with E-state index in [0.717, 1.165) is 21.4 Å². The number of benzene rings is 2. The first-order valence-electron chi connectivity index (χ1n) is 8.19. The van der Waals surface area contributed by atoms with Crippen LogP contribution >= 0.6 is 27.7 Å². The normalized spacial score (nSPS) is 11.0. The minimum absolute atomic E-state index is 0.341. The number of methoxy groups -OCH3 is 2. The van der Waals surface area contributed by atoms with Gasteiger partial charge < -0.3 is 15.3 Å². The van der Waals surface area contributed by atoms with Gasteiger partial charge in [-0.3, -0.25) is 0 Å². The third kappa shape index (κ3) is 4.96. The summed E-state index contributed by atoms with van der Waals surface area (Å²) < 4.78 is 12.9. The number of halogens is 1. The summed E-state index contributed by atoms with van der Waals surface area (Å²) in [7, 11) is 3.18. The van der Waals surface area contributed by atoms with E-state index in [2.05, 4.69) is 42.7 Å². The number of rotatable bonds is 8. The van der Waals surface area contributed by atoms with E-state index in [1.165, 1.54) is 16.4 Å². The van der Waals surface area contributed by atoms with Crippen LogP contribution < -0.4 is 20.7 Å². The number of nitrogens with zero attached hydrogens (tertiary/aromatic N) is 4. The van der Waals surface area contributed by atoms with Gasteiger partial charge in [-0.2, -0.15) is 5.10 Å². The summed E-state index contributed by atoms with van der Waals surface area (Å²) >= 11 is 4.95. The fourth-order valence-corrected chi connectivity index (χ4v) is 3.57. The molecule has 10 heteroatoms. The maximum absolute atomic E-state index is 6.05. The molecule has 1 aromatic heterocycles. The van der Waals surface area contributed by atoms with E-state index in [1.807, 2.05) is 36.4 Å². The Hall–Kier alpha value is -2.72.